The van der Waals surface area contributed by atoms with E-state index in [2.05, 4.69) is 35.8 Å². The molecule has 0 atom stereocenters. The van der Waals surface area contributed by atoms with Crippen LogP contribution in [0, 0.1) is 6.20 Å². The van der Waals surface area contributed by atoms with Gasteiger partial charge in [0.2, 0.25) is 0 Å². The van der Waals surface area contributed by atoms with Gasteiger partial charge in [-0.25, -0.2) is 0 Å². The quantitative estimate of drug-likeness (QED) is 0.522. The molecule has 0 aliphatic carbocycles. The maximum atomic E-state index is 3.95. The Bertz CT molecular complexity index is 396. The third kappa shape index (κ3) is 2.55. The van der Waals surface area contributed by atoms with Gasteiger partial charge < -0.3 is 9.55 Å². The second-order valence-electron chi connectivity index (χ2n) is 3.17. The molecule has 14 heavy (non-hydrogen) atoms. The fourth-order valence-corrected chi connectivity index (χ4v) is 1.39. The molecule has 0 bridgehead atoms. The fourth-order valence-electron chi connectivity index (χ4n) is 1.39. The summed E-state index contributed by atoms with van der Waals surface area (Å²) < 4.78 is 2.22. The molecule has 0 fully saturated rings. The summed E-state index contributed by atoms with van der Waals surface area (Å²) in [7, 11) is 0. The van der Waals surface area contributed by atoms with Crippen LogP contribution in [0.1, 0.15) is 19.9 Å². The van der Waals surface area contributed by atoms with Crippen molar-refractivity contribution in [3.63, 3.8) is 0 Å². The van der Waals surface area contributed by atoms with Gasteiger partial charge in [0.1, 0.15) is 0 Å². The van der Waals surface area contributed by atoms with Gasteiger partial charge in [-0.15, -0.1) is 17.5 Å². The van der Waals surface area contributed by atoms with E-state index in [0.717, 1.165) is 5.39 Å². The van der Waals surface area contributed by atoms with E-state index in [1.54, 1.807) is 6.20 Å². The van der Waals surface area contributed by atoms with Crippen LogP contribution in [0.3, 0.4) is 0 Å². The molecule has 0 N–H and O–H groups in total. The maximum Gasteiger partial charge on any atom is 0.0180 e. The summed E-state index contributed by atoms with van der Waals surface area (Å²) in [6.45, 7) is 4.33. The summed E-state index contributed by atoms with van der Waals surface area (Å²) in [5.41, 5.74) is 1.21. The summed E-state index contributed by atoms with van der Waals surface area (Å²) in [5, 5.41) is 1.09. The summed E-state index contributed by atoms with van der Waals surface area (Å²) in [6.07, 6.45) is 6.81. The van der Waals surface area contributed by atoms with Crippen LogP contribution in [-0.2, 0) is 42.1 Å². The van der Waals surface area contributed by atoms with Crippen LogP contribution in [0.4, 0.5) is 0 Å². The van der Waals surface area contributed by atoms with Crippen molar-refractivity contribution in [1.82, 2.24) is 9.55 Å². The molecule has 4 heteroatoms. The first kappa shape index (κ1) is 14.1. The minimum Gasteiger partial charge on any atom is -0.393 e. The van der Waals surface area contributed by atoms with Gasteiger partial charge in [0.25, 0.3) is 0 Å². The van der Waals surface area contributed by atoms with Crippen LogP contribution in [0.25, 0.3) is 10.9 Å². The van der Waals surface area contributed by atoms with Gasteiger partial charge in [0.05, 0.1) is 0 Å². The fraction of sp³-hybridized carbons (Fsp3) is 0.300. The SMILES string of the molecule is CC(C)n1ccc2[c-]nccc21.[W].[W]. The van der Waals surface area contributed by atoms with Crippen molar-refractivity contribution in [2.75, 3.05) is 0 Å². The zero-order chi connectivity index (χ0) is 8.55. The largest absolute Gasteiger partial charge is 0.393 e. The monoisotopic (exact) mass is 527 g/mol. The van der Waals surface area contributed by atoms with Crippen molar-refractivity contribution >= 4 is 10.9 Å². The molecule has 2 heterocycles. The predicted octanol–water partition coefficient (Wildman–Crippen LogP) is 2.41. The average molecular weight is 527 g/mol. The van der Waals surface area contributed by atoms with Crippen molar-refractivity contribution in [2.45, 2.75) is 19.9 Å². The van der Waals surface area contributed by atoms with Gasteiger partial charge in [0, 0.05) is 48.2 Å². The molecule has 0 saturated carbocycles. The van der Waals surface area contributed by atoms with E-state index < -0.39 is 0 Å². The third-order valence-electron chi connectivity index (χ3n) is 2.00. The van der Waals surface area contributed by atoms with Crippen molar-refractivity contribution in [1.29, 1.82) is 0 Å². The zero-order valence-corrected chi connectivity index (χ0v) is 14.0. The topological polar surface area (TPSA) is 17.8 Å². The summed E-state index contributed by atoms with van der Waals surface area (Å²) in [6, 6.07) is 4.56. The molecule has 0 aliphatic heterocycles. The van der Waals surface area contributed by atoms with E-state index >= 15 is 0 Å². The van der Waals surface area contributed by atoms with Gasteiger partial charge >= 0.3 is 0 Å². The van der Waals surface area contributed by atoms with Crippen LogP contribution in [0.15, 0.2) is 24.5 Å². The van der Waals surface area contributed by atoms with E-state index in [9.17, 15) is 0 Å². The summed E-state index contributed by atoms with van der Waals surface area (Å²) in [5.74, 6) is 0. The smallest absolute Gasteiger partial charge is 0.0180 e. The number of hydrogen-bond donors (Lipinski definition) is 0. The van der Waals surface area contributed by atoms with Gasteiger partial charge in [-0.3, -0.25) is 0 Å². The van der Waals surface area contributed by atoms with Crippen LogP contribution >= 0.6 is 0 Å². The van der Waals surface area contributed by atoms with Gasteiger partial charge in [-0.05, 0) is 31.8 Å². The van der Waals surface area contributed by atoms with E-state index in [-0.39, 0.29) is 42.1 Å². The van der Waals surface area contributed by atoms with Gasteiger partial charge in [0.15, 0.2) is 0 Å². The number of rotatable bonds is 1. The second-order valence-corrected chi connectivity index (χ2v) is 3.17. The van der Waals surface area contributed by atoms with Crippen molar-refractivity contribution in [2.24, 2.45) is 0 Å². The van der Waals surface area contributed by atoms with Gasteiger partial charge in [-0.1, -0.05) is 6.20 Å². The van der Waals surface area contributed by atoms with E-state index in [1.165, 1.54) is 5.52 Å². The van der Waals surface area contributed by atoms with Crippen molar-refractivity contribution in [3.8, 4) is 0 Å². The standard InChI is InChI=1S/C10H11N2.2W/c1-8(2)12-6-4-9-7-11-5-3-10(9)12;;/h3-6,8H,1-2H3;;/q-1;;. The minimum absolute atomic E-state index is 0. The predicted molar refractivity (Wildman–Crippen MR) is 49.0 cm³/mol. The Morgan fingerprint density at radius 2 is 2.00 bits per heavy atom. The zero-order valence-electron chi connectivity index (χ0n) is 8.10. The van der Waals surface area contributed by atoms with Crippen LogP contribution in [0.2, 0.25) is 0 Å². The molecule has 0 aromatic carbocycles. The summed E-state index contributed by atoms with van der Waals surface area (Å²) in [4.78, 5) is 3.95. The molecule has 0 saturated heterocycles. The normalized spacial score (nSPS) is 9.64. The van der Waals surface area contributed by atoms with Crippen molar-refractivity contribution < 1.29 is 42.1 Å². The molecular weight excluding hydrogens is 516 g/mol. The van der Waals surface area contributed by atoms with Crippen LogP contribution in [0.5, 0.6) is 0 Å². The Hall–Kier alpha value is 0.0666. The van der Waals surface area contributed by atoms with E-state index in [4.69, 9.17) is 0 Å². The van der Waals surface area contributed by atoms with Crippen molar-refractivity contribution in [3.05, 3.63) is 30.7 Å². The Kier molecular flexibility index (Phi) is 5.86. The first-order chi connectivity index (χ1) is 5.79. The Balaban J connectivity index is 0.000000845. The van der Waals surface area contributed by atoms with Crippen LogP contribution in [-0.4, -0.2) is 9.55 Å². The molecule has 74 valence electrons. The van der Waals surface area contributed by atoms with E-state index in [0.29, 0.717) is 6.04 Å². The first-order valence-corrected chi connectivity index (χ1v) is 4.12. The molecule has 2 nitrogen and oxygen atoms in total. The maximum absolute atomic E-state index is 3.95. The molecule has 2 rings (SSSR count). The number of aromatic nitrogens is 2. The molecular formula is C10H11N2W2-. The Morgan fingerprint density at radius 3 is 2.64 bits per heavy atom. The van der Waals surface area contributed by atoms with Gasteiger partial charge in [-0.2, -0.15) is 0 Å². The number of nitrogens with zero attached hydrogens (tertiary/aromatic N) is 2. The first-order valence-electron chi connectivity index (χ1n) is 4.12. The molecule has 0 unspecified atom stereocenters. The molecule has 0 aliphatic rings. The average Bonchev–Trinajstić information content (AvgIpc) is 2.47. The molecule has 0 spiro atoms. The number of pyridine rings is 1. The molecule has 2 aromatic rings. The Morgan fingerprint density at radius 1 is 1.29 bits per heavy atom. The second kappa shape index (κ2) is 5.83. The molecule has 2 aromatic heterocycles. The molecule has 0 amide bonds. The minimum atomic E-state index is 0. The van der Waals surface area contributed by atoms with Crippen LogP contribution < -0.4 is 0 Å². The number of fused-ring (bicyclic) bond motifs is 1. The Labute approximate surface area is 113 Å². The molecule has 0 radical (unpaired) electrons. The third-order valence-corrected chi connectivity index (χ3v) is 2.00. The summed E-state index contributed by atoms with van der Waals surface area (Å²) >= 11 is 0. The van der Waals surface area contributed by atoms with E-state index in [1.807, 2.05) is 12.1 Å². The number of hydrogen-bond acceptors (Lipinski definition) is 1.